The number of aromatic nitrogens is 1. The third-order valence-corrected chi connectivity index (χ3v) is 4.74. The first-order valence-corrected chi connectivity index (χ1v) is 8.74. The number of rotatable bonds is 7. The van der Waals surface area contributed by atoms with Gasteiger partial charge in [-0.1, -0.05) is 18.5 Å². The van der Waals surface area contributed by atoms with Crippen molar-refractivity contribution >= 4 is 28.8 Å². The zero-order valence-electron chi connectivity index (χ0n) is 12.2. The lowest BCUT2D eigenvalue weighted by molar-refractivity contribution is 0.703. The molecule has 1 aliphatic rings. The lowest BCUT2D eigenvalue weighted by Gasteiger charge is -2.24. The molecule has 0 amide bonds. The number of thiophene rings is 1. The zero-order valence-corrected chi connectivity index (χ0v) is 13.8. The molecule has 3 rings (SSSR count). The molecule has 3 nitrogen and oxygen atoms in total. The Hall–Kier alpha value is -1.10. The summed E-state index contributed by atoms with van der Waals surface area (Å²) in [6.07, 6.45) is 2.52. The summed E-state index contributed by atoms with van der Waals surface area (Å²) in [5, 5.41) is 8.38. The van der Waals surface area contributed by atoms with E-state index in [0.29, 0.717) is 6.04 Å². The Morgan fingerprint density at radius 1 is 1.38 bits per heavy atom. The molecule has 1 fully saturated rings. The molecule has 1 saturated carbocycles. The summed E-state index contributed by atoms with van der Waals surface area (Å²) in [5.41, 5.74) is 2.30. The summed E-state index contributed by atoms with van der Waals surface area (Å²) in [7, 11) is 0. The molecule has 0 aliphatic heterocycles. The van der Waals surface area contributed by atoms with Crippen molar-refractivity contribution in [2.75, 3.05) is 11.4 Å². The molecule has 5 heteroatoms. The van der Waals surface area contributed by atoms with Crippen LogP contribution < -0.4 is 10.2 Å². The second-order valence-electron chi connectivity index (χ2n) is 5.37. The normalized spacial score (nSPS) is 14.4. The topological polar surface area (TPSA) is 28.2 Å². The number of nitrogens with one attached hydrogen (secondary N) is 1. The van der Waals surface area contributed by atoms with E-state index < -0.39 is 0 Å². The Kier molecular flexibility index (Phi) is 4.78. The van der Waals surface area contributed by atoms with Gasteiger partial charge in [-0.25, -0.2) is 4.98 Å². The first-order chi connectivity index (χ1) is 10.3. The van der Waals surface area contributed by atoms with E-state index >= 15 is 0 Å². The summed E-state index contributed by atoms with van der Waals surface area (Å²) >= 11 is 8.00. The predicted molar refractivity (Wildman–Crippen MR) is 90.2 cm³/mol. The van der Waals surface area contributed by atoms with Gasteiger partial charge in [0.25, 0.3) is 0 Å². The highest BCUT2D eigenvalue weighted by molar-refractivity contribution is 7.07. The maximum absolute atomic E-state index is 6.26. The van der Waals surface area contributed by atoms with Crippen LogP contribution in [0.3, 0.4) is 0 Å². The van der Waals surface area contributed by atoms with Crippen LogP contribution in [0.5, 0.6) is 0 Å². The number of pyridine rings is 1. The molecule has 112 valence electrons. The molecule has 1 N–H and O–H groups in total. The molecular formula is C16H20ClN3S. The number of halogens is 1. The van der Waals surface area contributed by atoms with Crippen LogP contribution in [0.2, 0.25) is 5.02 Å². The minimum absolute atomic E-state index is 0.630. The van der Waals surface area contributed by atoms with Crippen LogP contribution in [0.4, 0.5) is 5.82 Å². The standard InChI is InChI=1S/C16H20ClN3S/c1-2-18-9-15-14(17)5-6-16(19-15)20(13-3-4-13)10-12-7-8-21-11-12/h5-8,11,13,18H,2-4,9-10H2,1H3. The average Bonchev–Trinajstić information content (AvgIpc) is 3.21. The van der Waals surface area contributed by atoms with Crippen molar-refractivity contribution < 1.29 is 0 Å². The van der Waals surface area contributed by atoms with Gasteiger partial charge in [0.2, 0.25) is 0 Å². The van der Waals surface area contributed by atoms with E-state index in [2.05, 4.69) is 34.0 Å². The number of hydrogen-bond donors (Lipinski definition) is 1. The third kappa shape index (κ3) is 3.76. The lowest BCUT2D eigenvalue weighted by Crippen LogP contribution is -2.26. The quantitative estimate of drug-likeness (QED) is 0.833. The molecule has 21 heavy (non-hydrogen) atoms. The van der Waals surface area contributed by atoms with Gasteiger partial charge in [0.15, 0.2) is 0 Å². The summed E-state index contributed by atoms with van der Waals surface area (Å²) in [6, 6.07) is 6.84. The molecule has 0 spiro atoms. The van der Waals surface area contributed by atoms with E-state index in [-0.39, 0.29) is 0 Å². The van der Waals surface area contributed by atoms with Crippen LogP contribution in [0.1, 0.15) is 31.0 Å². The molecule has 2 aromatic rings. The van der Waals surface area contributed by atoms with Crippen LogP contribution in [-0.4, -0.2) is 17.6 Å². The second-order valence-corrected chi connectivity index (χ2v) is 6.56. The molecule has 2 aromatic heterocycles. The second kappa shape index (κ2) is 6.77. The summed E-state index contributed by atoms with van der Waals surface area (Å²) in [6.45, 7) is 4.66. The lowest BCUT2D eigenvalue weighted by atomic mass is 10.2. The van der Waals surface area contributed by atoms with Crippen LogP contribution >= 0.6 is 22.9 Å². The molecule has 2 heterocycles. The van der Waals surface area contributed by atoms with E-state index in [1.165, 1.54) is 18.4 Å². The Labute approximate surface area is 135 Å². The molecule has 0 aromatic carbocycles. The fraction of sp³-hybridized carbons (Fsp3) is 0.438. The predicted octanol–water partition coefficient (Wildman–Crippen LogP) is 4.08. The third-order valence-electron chi connectivity index (χ3n) is 3.66. The van der Waals surface area contributed by atoms with Crippen LogP contribution in [0.25, 0.3) is 0 Å². The largest absolute Gasteiger partial charge is 0.349 e. The van der Waals surface area contributed by atoms with Gasteiger partial charge >= 0.3 is 0 Å². The average molecular weight is 322 g/mol. The minimum atomic E-state index is 0.630. The molecular weight excluding hydrogens is 302 g/mol. The maximum Gasteiger partial charge on any atom is 0.129 e. The fourth-order valence-corrected chi connectivity index (χ4v) is 3.19. The van der Waals surface area contributed by atoms with Crippen molar-refractivity contribution in [2.24, 2.45) is 0 Å². The number of hydrogen-bond acceptors (Lipinski definition) is 4. The maximum atomic E-state index is 6.26. The first-order valence-electron chi connectivity index (χ1n) is 7.41. The summed E-state index contributed by atoms with van der Waals surface area (Å²) in [5.74, 6) is 1.04. The Morgan fingerprint density at radius 2 is 2.24 bits per heavy atom. The van der Waals surface area contributed by atoms with Crippen molar-refractivity contribution in [3.63, 3.8) is 0 Å². The van der Waals surface area contributed by atoms with Crippen molar-refractivity contribution in [1.29, 1.82) is 0 Å². The van der Waals surface area contributed by atoms with E-state index in [1.54, 1.807) is 11.3 Å². The van der Waals surface area contributed by atoms with Crippen LogP contribution in [-0.2, 0) is 13.1 Å². The Bertz CT molecular complexity index is 581. The van der Waals surface area contributed by atoms with Crippen molar-refractivity contribution in [2.45, 2.75) is 38.9 Å². The molecule has 0 atom stereocenters. The van der Waals surface area contributed by atoms with Gasteiger partial charge in [-0.3, -0.25) is 0 Å². The molecule has 0 unspecified atom stereocenters. The van der Waals surface area contributed by atoms with Crippen molar-refractivity contribution in [3.05, 3.63) is 45.2 Å². The van der Waals surface area contributed by atoms with Gasteiger partial charge in [0.05, 0.1) is 10.7 Å². The summed E-state index contributed by atoms with van der Waals surface area (Å²) < 4.78 is 0. The van der Waals surface area contributed by atoms with E-state index in [0.717, 1.165) is 36.2 Å². The highest BCUT2D eigenvalue weighted by Gasteiger charge is 2.30. The van der Waals surface area contributed by atoms with Gasteiger partial charge in [0, 0.05) is 19.1 Å². The van der Waals surface area contributed by atoms with E-state index in [1.807, 2.05) is 12.1 Å². The van der Waals surface area contributed by atoms with Crippen molar-refractivity contribution in [1.82, 2.24) is 10.3 Å². The van der Waals surface area contributed by atoms with Gasteiger partial charge in [0.1, 0.15) is 5.82 Å². The monoisotopic (exact) mass is 321 g/mol. The van der Waals surface area contributed by atoms with Gasteiger partial charge in [-0.05, 0) is 53.9 Å². The Balaban J connectivity index is 1.81. The Morgan fingerprint density at radius 3 is 2.90 bits per heavy atom. The summed E-state index contributed by atoms with van der Waals surface area (Å²) in [4.78, 5) is 7.20. The van der Waals surface area contributed by atoms with Gasteiger partial charge < -0.3 is 10.2 Å². The highest BCUT2D eigenvalue weighted by atomic mass is 35.5. The smallest absolute Gasteiger partial charge is 0.129 e. The highest BCUT2D eigenvalue weighted by Crippen LogP contribution is 2.33. The van der Waals surface area contributed by atoms with Crippen molar-refractivity contribution in [3.8, 4) is 0 Å². The van der Waals surface area contributed by atoms with E-state index in [9.17, 15) is 0 Å². The SMILES string of the molecule is CCNCc1nc(N(Cc2ccsc2)C2CC2)ccc1Cl. The number of anilines is 1. The number of nitrogens with zero attached hydrogens (tertiary/aromatic N) is 2. The fourth-order valence-electron chi connectivity index (χ4n) is 2.36. The van der Waals surface area contributed by atoms with Gasteiger partial charge in [-0.15, -0.1) is 0 Å². The molecule has 0 bridgehead atoms. The minimum Gasteiger partial charge on any atom is -0.349 e. The van der Waals surface area contributed by atoms with Crippen LogP contribution in [0.15, 0.2) is 29.0 Å². The van der Waals surface area contributed by atoms with Crippen LogP contribution in [0, 0.1) is 0 Å². The zero-order chi connectivity index (χ0) is 14.7. The first kappa shape index (κ1) is 14.8. The van der Waals surface area contributed by atoms with Gasteiger partial charge in [-0.2, -0.15) is 11.3 Å². The van der Waals surface area contributed by atoms with E-state index in [4.69, 9.17) is 16.6 Å². The molecule has 0 radical (unpaired) electrons. The molecule has 0 saturated heterocycles. The molecule has 1 aliphatic carbocycles.